The average molecular weight is 941 g/mol. The van der Waals surface area contributed by atoms with E-state index in [-0.39, 0.29) is 0 Å². The van der Waals surface area contributed by atoms with Gasteiger partial charge in [0, 0.05) is 0 Å². The summed E-state index contributed by atoms with van der Waals surface area (Å²) in [5.41, 5.74) is 6.02. The maximum atomic E-state index is 11.7. The third-order valence-corrected chi connectivity index (χ3v) is 19.7. The van der Waals surface area contributed by atoms with Gasteiger partial charge in [-0.3, -0.25) is 0 Å². The minimum absolute atomic E-state index is 0.416. The highest BCUT2D eigenvalue weighted by Crippen LogP contribution is 2.41. The lowest BCUT2D eigenvalue weighted by atomic mass is 9.99. The van der Waals surface area contributed by atoms with Crippen LogP contribution < -0.4 is 0 Å². The first kappa shape index (κ1) is 59.5. The number of hydrogen-bond acceptors (Lipinski definition) is 0. The SMILES string of the molecule is CCCCCCCCCCCCc1ccc(S(c2ccc(CCCCCCCCCCCC)cc2CCCCCCCCCCCC)=[P+](O)S)c(CCCCCCCCCCCC)c1. The zero-order valence-corrected chi connectivity index (χ0v) is 45.9. The molecule has 0 heterocycles. The molecule has 0 aromatic heterocycles. The maximum Gasteiger partial charge on any atom is 0.362 e. The topological polar surface area (TPSA) is 20.2 Å². The fourth-order valence-corrected chi connectivity index (χ4v) is 15.4. The van der Waals surface area contributed by atoms with Crippen molar-refractivity contribution in [3.63, 3.8) is 0 Å². The van der Waals surface area contributed by atoms with Gasteiger partial charge in [0.25, 0.3) is 0 Å². The highest BCUT2D eigenvalue weighted by atomic mass is 32.9. The van der Waals surface area contributed by atoms with Crippen LogP contribution >= 0.6 is 18.4 Å². The lowest BCUT2D eigenvalue weighted by Crippen LogP contribution is -2.04. The molecule has 1 N–H and O–H groups in total. The second-order valence-electron chi connectivity index (χ2n) is 20.1. The fourth-order valence-electron chi connectivity index (χ4n) is 9.88. The van der Waals surface area contributed by atoms with Crippen LogP contribution in [-0.2, 0) is 35.8 Å². The van der Waals surface area contributed by atoms with Crippen LogP contribution in [0.5, 0.6) is 0 Å². The summed E-state index contributed by atoms with van der Waals surface area (Å²) >= 11 is 4.99. The van der Waals surface area contributed by atoms with Crippen LogP contribution in [0.1, 0.15) is 307 Å². The Kier molecular flexibility index (Phi) is 40.6. The summed E-state index contributed by atoms with van der Waals surface area (Å²) in [5.74, 6) is 0. The molecule has 0 aliphatic heterocycles. The molecule has 1 unspecified atom stereocenters. The molecule has 0 amide bonds. The number of thiol groups is 1. The lowest BCUT2D eigenvalue weighted by molar-refractivity contribution is 0.555. The van der Waals surface area contributed by atoms with Crippen molar-refractivity contribution in [1.82, 2.24) is 0 Å². The van der Waals surface area contributed by atoms with Crippen molar-refractivity contribution in [1.29, 1.82) is 0 Å². The Balaban J connectivity index is 2.20. The molecule has 0 spiro atoms. The average Bonchev–Trinajstić information content (AvgIpc) is 3.30. The molecule has 64 heavy (non-hydrogen) atoms. The second kappa shape index (κ2) is 43.7. The first-order chi connectivity index (χ1) is 31.5. The molecule has 0 saturated carbocycles. The zero-order chi connectivity index (χ0) is 46.0. The molecule has 0 aliphatic carbocycles. The quantitative estimate of drug-likeness (QED) is 0.0385. The Hall–Kier alpha value is -0.600. The summed E-state index contributed by atoms with van der Waals surface area (Å²) in [6, 6.07) is 14.9. The van der Waals surface area contributed by atoms with E-state index in [0.29, 0.717) is 0 Å². The molecular formula is C60H108OPS2+. The van der Waals surface area contributed by atoms with Gasteiger partial charge in [0.15, 0.2) is 0 Å². The fraction of sp³-hybridized carbons (Fsp3) is 0.800. The van der Waals surface area contributed by atoms with Crippen molar-refractivity contribution in [2.75, 3.05) is 0 Å². The summed E-state index contributed by atoms with van der Waals surface area (Å²) in [6.45, 7) is 9.25. The van der Waals surface area contributed by atoms with Crippen molar-refractivity contribution in [2.24, 2.45) is 0 Å². The van der Waals surface area contributed by atoms with Gasteiger partial charge in [0.1, 0.15) is 12.2 Å². The Morgan fingerprint density at radius 1 is 0.328 bits per heavy atom. The Bertz CT molecular complexity index is 1280. The van der Waals surface area contributed by atoms with Crippen LogP contribution in [0.25, 0.3) is 0 Å². The van der Waals surface area contributed by atoms with Crippen LogP contribution in [-0.4, -0.2) is 4.89 Å². The van der Waals surface area contributed by atoms with E-state index in [1.165, 1.54) is 302 Å². The predicted octanol–water partition coefficient (Wildman–Crippen LogP) is 21.7. The number of hydrogen-bond donors (Lipinski definition) is 2. The van der Waals surface area contributed by atoms with Crippen LogP contribution in [0, 0.1) is 0 Å². The first-order valence-corrected chi connectivity index (χ1v) is 33.0. The van der Waals surface area contributed by atoms with Gasteiger partial charge in [-0.15, -0.1) is 0 Å². The van der Waals surface area contributed by atoms with Gasteiger partial charge in [0.05, 0.1) is 19.9 Å². The number of aryl methyl sites for hydroxylation is 4. The van der Waals surface area contributed by atoms with Crippen LogP contribution in [0.3, 0.4) is 0 Å². The first-order valence-electron chi connectivity index (χ1n) is 28.7. The van der Waals surface area contributed by atoms with Crippen molar-refractivity contribution in [3.05, 3.63) is 58.7 Å². The van der Waals surface area contributed by atoms with E-state index < -0.39 is 16.2 Å². The number of rotatable bonds is 46. The third-order valence-electron chi connectivity index (χ3n) is 14.1. The van der Waals surface area contributed by atoms with Gasteiger partial charge in [0.2, 0.25) is 0 Å². The summed E-state index contributed by atoms with van der Waals surface area (Å²) < 4.78 is 0. The van der Waals surface area contributed by atoms with Gasteiger partial charge in [-0.25, -0.2) is 0 Å². The van der Waals surface area contributed by atoms with Crippen LogP contribution in [0.2, 0.25) is 0 Å². The minimum atomic E-state index is -1.46. The molecule has 4 heteroatoms. The summed E-state index contributed by atoms with van der Waals surface area (Å²) in [4.78, 5) is 14.5. The molecule has 0 radical (unpaired) electrons. The van der Waals surface area contributed by atoms with Crippen LogP contribution in [0.4, 0.5) is 0 Å². The molecule has 0 saturated heterocycles. The van der Waals surface area contributed by atoms with E-state index in [0.717, 1.165) is 12.8 Å². The van der Waals surface area contributed by atoms with Crippen molar-refractivity contribution in [3.8, 4) is 0 Å². The molecule has 2 aromatic rings. The van der Waals surface area contributed by atoms with E-state index in [2.05, 4.69) is 64.1 Å². The van der Waals surface area contributed by atoms with Crippen molar-refractivity contribution >= 4 is 28.4 Å². The molecule has 0 bridgehead atoms. The zero-order valence-electron chi connectivity index (χ0n) is 43.3. The van der Waals surface area contributed by atoms with Crippen molar-refractivity contribution < 1.29 is 4.89 Å². The largest absolute Gasteiger partial charge is 0.362 e. The third kappa shape index (κ3) is 30.7. The van der Waals surface area contributed by atoms with E-state index in [1.54, 1.807) is 0 Å². The smallest absolute Gasteiger partial charge is 0.178 e. The van der Waals surface area contributed by atoms with Gasteiger partial charge >= 0.3 is 6.13 Å². The van der Waals surface area contributed by atoms with Gasteiger partial charge in [-0.1, -0.05) is 283 Å². The number of unbranched alkanes of at least 4 members (excludes halogenated alkanes) is 36. The second-order valence-corrected chi connectivity index (χ2v) is 26.2. The monoisotopic (exact) mass is 940 g/mol. The highest BCUT2D eigenvalue weighted by molar-refractivity contribution is 8.60. The molecule has 370 valence electrons. The van der Waals surface area contributed by atoms with Gasteiger partial charge < -0.3 is 0 Å². The van der Waals surface area contributed by atoms with Gasteiger partial charge in [-0.2, -0.15) is 4.89 Å². The van der Waals surface area contributed by atoms with Crippen molar-refractivity contribution in [2.45, 2.75) is 320 Å². The van der Waals surface area contributed by atoms with E-state index >= 15 is 0 Å². The molecule has 0 aliphatic rings. The number of benzene rings is 2. The van der Waals surface area contributed by atoms with Gasteiger partial charge in [-0.05, 0) is 85.8 Å². The molecule has 1 atom stereocenters. The Morgan fingerprint density at radius 3 is 0.781 bits per heavy atom. The Morgan fingerprint density at radius 2 is 0.547 bits per heavy atom. The predicted molar refractivity (Wildman–Crippen MR) is 297 cm³/mol. The molecule has 1 nitrogen and oxygen atoms in total. The minimum Gasteiger partial charge on any atom is -0.178 e. The molecule has 0 fully saturated rings. The highest BCUT2D eigenvalue weighted by Gasteiger charge is 2.24. The van der Waals surface area contributed by atoms with E-state index in [4.69, 9.17) is 12.2 Å². The standard InChI is InChI=1S/C60H108OPS2/c1-5-9-13-17-21-25-29-33-37-41-45-55-49-51-59(57(53-55)47-43-39-35-31-27-23-19-15-11-7-3)64(62(61)63)60-52-50-56(46-42-38-34-30-26-22-18-14-10-6-2)54-58(60)48-44-40-36-32-28-24-20-16-12-8-4/h49-54,61,63H,5-48H2,1-4H3/q+1. The summed E-state index contributed by atoms with van der Waals surface area (Å²) in [7, 11) is -0.416. The van der Waals surface area contributed by atoms with E-state index in [9.17, 15) is 4.89 Å². The molecular weight excluding hydrogens is 832 g/mol. The molecule has 2 rings (SSSR count). The van der Waals surface area contributed by atoms with E-state index in [1.807, 2.05) is 0 Å². The molecule has 2 aromatic carbocycles. The van der Waals surface area contributed by atoms with Crippen LogP contribution in [0.15, 0.2) is 46.2 Å². The summed E-state index contributed by atoms with van der Waals surface area (Å²) in [5, 5.41) is 0. The Labute approximate surface area is 409 Å². The summed E-state index contributed by atoms with van der Waals surface area (Å²) in [6.07, 6.45) is 58.2. The normalized spacial score (nSPS) is 12.0. The lowest BCUT2D eigenvalue weighted by Gasteiger charge is -2.16. The maximum absolute atomic E-state index is 11.7.